The van der Waals surface area contributed by atoms with E-state index in [1.54, 1.807) is 12.1 Å². The number of amides is 2. The Morgan fingerprint density at radius 2 is 1.61 bits per heavy atom. The van der Waals surface area contributed by atoms with Crippen LogP contribution in [0.4, 0.5) is 5.69 Å². The predicted molar refractivity (Wildman–Crippen MR) is 120 cm³/mol. The van der Waals surface area contributed by atoms with Gasteiger partial charge in [-0.3, -0.25) is 19.3 Å². The second kappa shape index (κ2) is 7.19. The van der Waals surface area contributed by atoms with E-state index in [9.17, 15) is 14.4 Å². The number of anilines is 1. The molecule has 5 heteroatoms. The zero-order chi connectivity index (χ0) is 21.9. The molecule has 2 fully saturated rings. The molecule has 0 saturated carbocycles. The first kappa shape index (κ1) is 19.7. The second-order valence-corrected chi connectivity index (χ2v) is 8.80. The van der Waals surface area contributed by atoms with E-state index in [2.05, 4.69) is 6.08 Å². The second-order valence-electron chi connectivity index (χ2n) is 8.80. The highest BCUT2D eigenvalue weighted by molar-refractivity contribution is 6.14. The molecule has 2 amide bonds. The molecule has 3 aliphatic rings. The van der Waals surface area contributed by atoms with Crippen LogP contribution in [0.2, 0.25) is 0 Å². The van der Waals surface area contributed by atoms with Gasteiger partial charge in [-0.05, 0) is 31.9 Å². The van der Waals surface area contributed by atoms with Gasteiger partial charge in [0.25, 0.3) is 0 Å². The number of rotatable bonds is 4. The summed E-state index contributed by atoms with van der Waals surface area (Å²) in [5.74, 6) is -1.67. The van der Waals surface area contributed by atoms with E-state index >= 15 is 0 Å². The molecule has 3 aliphatic heterocycles. The smallest absolute Gasteiger partial charge is 0.236 e. The van der Waals surface area contributed by atoms with Crippen molar-refractivity contribution in [2.24, 2.45) is 11.8 Å². The molecule has 0 unspecified atom stereocenters. The maximum absolute atomic E-state index is 13.8. The van der Waals surface area contributed by atoms with Crippen LogP contribution < -0.4 is 4.90 Å². The van der Waals surface area contributed by atoms with E-state index in [-0.39, 0.29) is 29.7 Å². The number of fused-ring (bicyclic) bond motifs is 5. The highest BCUT2D eigenvalue weighted by Gasteiger charge is 2.64. The minimum atomic E-state index is -0.701. The number of hydrogen-bond acceptors (Lipinski definition) is 4. The van der Waals surface area contributed by atoms with Crippen LogP contribution in [0.5, 0.6) is 0 Å². The van der Waals surface area contributed by atoms with Crippen molar-refractivity contribution in [3.05, 3.63) is 71.8 Å². The quantitative estimate of drug-likeness (QED) is 0.562. The molecule has 2 aromatic carbocycles. The SMILES string of the molecule is CC[C@@H](C)N1C(=O)[C@@H]2[C@H](C1=O)[C@H]1C=C(C)c3ccccc3N1[C@H]2C(=O)c1ccccc1. The number of benzene rings is 2. The van der Waals surface area contributed by atoms with E-state index in [0.717, 1.165) is 16.8 Å². The summed E-state index contributed by atoms with van der Waals surface area (Å²) in [6.45, 7) is 5.91. The number of para-hydroxylation sites is 1. The summed E-state index contributed by atoms with van der Waals surface area (Å²) in [5.41, 5.74) is 3.61. The van der Waals surface area contributed by atoms with Crippen LogP contribution in [0.3, 0.4) is 0 Å². The number of ketones is 1. The Bertz CT molecular complexity index is 1110. The third kappa shape index (κ3) is 2.72. The molecule has 5 nitrogen and oxygen atoms in total. The van der Waals surface area contributed by atoms with Gasteiger partial charge in [0.1, 0.15) is 6.04 Å². The summed E-state index contributed by atoms with van der Waals surface area (Å²) < 4.78 is 0. The minimum Gasteiger partial charge on any atom is -0.352 e. The van der Waals surface area contributed by atoms with Gasteiger partial charge < -0.3 is 4.90 Å². The van der Waals surface area contributed by atoms with Crippen molar-refractivity contribution in [3.63, 3.8) is 0 Å². The van der Waals surface area contributed by atoms with Crippen molar-refractivity contribution in [2.75, 3.05) is 4.90 Å². The van der Waals surface area contributed by atoms with Gasteiger partial charge in [-0.1, -0.05) is 61.5 Å². The number of likely N-dealkylation sites (tertiary alicyclic amines) is 1. The minimum absolute atomic E-state index is 0.104. The molecule has 0 radical (unpaired) electrons. The number of carbonyl (C=O) groups excluding carboxylic acids is 3. The van der Waals surface area contributed by atoms with Crippen molar-refractivity contribution >= 4 is 28.9 Å². The molecule has 158 valence electrons. The van der Waals surface area contributed by atoms with Crippen LogP contribution in [0, 0.1) is 11.8 Å². The summed E-state index contributed by atoms with van der Waals surface area (Å²) in [5, 5.41) is 0. The number of imide groups is 1. The Kier molecular flexibility index (Phi) is 4.58. The summed E-state index contributed by atoms with van der Waals surface area (Å²) in [6, 6.07) is 15.9. The standard InChI is InChI=1S/C26H26N2O3/c1-4-16(3)27-25(30)21-20-14-15(2)18-12-8-9-13-19(18)28(20)23(22(21)26(27)31)24(29)17-10-6-5-7-11-17/h5-14,16,20-23H,4H2,1-3H3/t16-,20-,21-,22-,23-/m1/s1. The zero-order valence-electron chi connectivity index (χ0n) is 18.0. The number of allylic oxidation sites excluding steroid dienone is 1. The lowest BCUT2D eigenvalue weighted by molar-refractivity contribution is -0.142. The lowest BCUT2D eigenvalue weighted by atomic mass is 9.85. The fraction of sp³-hybridized carbons (Fsp3) is 0.346. The molecule has 2 aromatic rings. The van der Waals surface area contributed by atoms with Crippen LogP contribution in [0.1, 0.15) is 43.1 Å². The molecule has 0 aromatic heterocycles. The molecule has 0 aliphatic carbocycles. The Morgan fingerprint density at radius 3 is 2.32 bits per heavy atom. The first-order chi connectivity index (χ1) is 15.0. The Balaban J connectivity index is 1.69. The Morgan fingerprint density at radius 1 is 0.968 bits per heavy atom. The molecule has 0 bridgehead atoms. The summed E-state index contributed by atoms with van der Waals surface area (Å²) in [6.07, 6.45) is 2.77. The Hall–Kier alpha value is -3.21. The summed E-state index contributed by atoms with van der Waals surface area (Å²) >= 11 is 0. The van der Waals surface area contributed by atoms with E-state index in [1.165, 1.54) is 4.90 Å². The average molecular weight is 415 g/mol. The van der Waals surface area contributed by atoms with Gasteiger partial charge in [-0.15, -0.1) is 0 Å². The van der Waals surface area contributed by atoms with Gasteiger partial charge in [-0.25, -0.2) is 0 Å². The van der Waals surface area contributed by atoms with E-state index < -0.39 is 17.9 Å². The molecule has 0 spiro atoms. The topological polar surface area (TPSA) is 57.7 Å². The van der Waals surface area contributed by atoms with Crippen molar-refractivity contribution in [1.29, 1.82) is 0 Å². The molecule has 5 atom stereocenters. The molecule has 0 N–H and O–H groups in total. The summed E-state index contributed by atoms with van der Waals surface area (Å²) in [4.78, 5) is 44.3. The van der Waals surface area contributed by atoms with Gasteiger partial charge in [0.05, 0.1) is 17.9 Å². The molecular weight excluding hydrogens is 388 g/mol. The van der Waals surface area contributed by atoms with E-state index in [0.29, 0.717) is 12.0 Å². The number of carbonyl (C=O) groups is 3. The van der Waals surface area contributed by atoms with Crippen LogP contribution >= 0.6 is 0 Å². The van der Waals surface area contributed by atoms with Crippen molar-refractivity contribution < 1.29 is 14.4 Å². The van der Waals surface area contributed by atoms with Crippen LogP contribution in [-0.2, 0) is 9.59 Å². The summed E-state index contributed by atoms with van der Waals surface area (Å²) in [7, 11) is 0. The maximum atomic E-state index is 13.8. The number of hydrogen-bond donors (Lipinski definition) is 0. The first-order valence-corrected chi connectivity index (χ1v) is 11.0. The first-order valence-electron chi connectivity index (χ1n) is 11.0. The fourth-order valence-electron chi connectivity index (χ4n) is 5.51. The van der Waals surface area contributed by atoms with Crippen LogP contribution in [0.15, 0.2) is 60.7 Å². The van der Waals surface area contributed by atoms with Crippen LogP contribution in [0.25, 0.3) is 5.57 Å². The molecule has 31 heavy (non-hydrogen) atoms. The van der Waals surface area contributed by atoms with Crippen molar-refractivity contribution in [2.45, 2.75) is 45.3 Å². The van der Waals surface area contributed by atoms with Gasteiger partial charge in [0.15, 0.2) is 5.78 Å². The zero-order valence-corrected chi connectivity index (χ0v) is 18.0. The van der Waals surface area contributed by atoms with Gasteiger partial charge >= 0.3 is 0 Å². The maximum Gasteiger partial charge on any atom is 0.236 e. The van der Waals surface area contributed by atoms with E-state index in [4.69, 9.17) is 0 Å². The van der Waals surface area contributed by atoms with Gasteiger partial charge in [-0.2, -0.15) is 0 Å². The molecule has 5 rings (SSSR count). The number of Topliss-reactive ketones (excluding diaryl/α,β-unsaturated/α-hetero) is 1. The third-order valence-electron chi connectivity index (χ3n) is 7.15. The normalized spacial score (nSPS) is 27.5. The van der Waals surface area contributed by atoms with Gasteiger partial charge in [0, 0.05) is 22.9 Å². The molecular formula is C26H26N2O3. The average Bonchev–Trinajstić information content (AvgIpc) is 3.26. The monoisotopic (exact) mass is 414 g/mol. The number of nitrogens with zero attached hydrogens (tertiary/aromatic N) is 2. The van der Waals surface area contributed by atoms with E-state index in [1.807, 2.05) is 68.1 Å². The van der Waals surface area contributed by atoms with Crippen molar-refractivity contribution in [3.8, 4) is 0 Å². The molecule has 2 saturated heterocycles. The predicted octanol–water partition coefficient (Wildman–Crippen LogP) is 3.94. The lowest BCUT2D eigenvalue weighted by Crippen LogP contribution is -2.50. The van der Waals surface area contributed by atoms with Crippen LogP contribution in [-0.4, -0.2) is 40.6 Å². The third-order valence-corrected chi connectivity index (χ3v) is 7.15. The molecule has 3 heterocycles. The lowest BCUT2D eigenvalue weighted by Gasteiger charge is -2.38. The Labute approximate surface area is 182 Å². The van der Waals surface area contributed by atoms with Crippen molar-refractivity contribution in [1.82, 2.24) is 4.90 Å². The fourth-order valence-corrected chi connectivity index (χ4v) is 5.51. The highest BCUT2D eigenvalue weighted by Crippen LogP contribution is 2.50. The van der Waals surface area contributed by atoms with Gasteiger partial charge in [0.2, 0.25) is 11.8 Å². The largest absolute Gasteiger partial charge is 0.352 e. The highest BCUT2D eigenvalue weighted by atomic mass is 16.2.